The molecular weight excluding hydrogens is 264 g/mol. The molecule has 1 atom stereocenters. The van der Waals surface area contributed by atoms with Gasteiger partial charge in [0.2, 0.25) is 0 Å². The molecule has 1 aromatic rings. The fourth-order valence-electron chi connectivity index (χ4n) is 2.16. The van der Waals surface area contributed by atoms with Gasteiger partial charge in [0.15, 0.2) is 0 Å². The van der Waals surface area contributed by atoms with Crippen LogP contribution in [0.3, 0.4) is 0 Å². The summed E-state index contributed by atoms with van der Waals surface area (Å²) in [5.74, 6) is 0. The van der Waals surface area contributed by atoms with Crippen molar-refractivity contribution in [3.63, 3.8) is 0 Å². The van der Waals surface area contributed by atoms with Crippen molar-refractivity contribution in [3.05, 3.63) is 28.2 Å². The predicted molar refractivity (Wildman–Crippen MR) is 73.0 cm³/mol. The zero-order valence-corrected chi connectivity index (χ0v) is 11.3. The Bertz CT molecular complexity index is 346. The van der Waals surface area contributed by atoms with E-state index in [4.69, 9.17) is 0 Å². The summed E-state index contributed by atoms with van der Waals surface area (Å²) in [6.45, 7) is 4.34. The molecule has 0 radical (unpaired) electrons. The first kappa shape index (κ1) is 11.9. The average molecular weight is 283 g/mol. The van der Waals surface area contributed by atoms with E-state index in [9.17, 15) is 0 Å². The van der Waals surface area contributed by atoms with Crippen LogP contribution in [-0.4, -0.2) is 19.1 Å². The van der Waals surface area contributed by atoms with Crippen LogP contribution in [0.15, 0.2) is 22.7 Å². The lowest BCUT2D eigenvalue weighted by atomic mass is 10.0. The zero-order valence-electron chi connectivity index (χ0n) is 9.72. The van der Waals surface area contributed by atoms with Crippen molar-refractivity contribution in [2.75, 3.05) is 18.4 Å². The van der Waals surface area contributed by atoms with E-state index >= 15 is 0 Å². The van der Waals surface area contributed by atoms with Crippen molar-refractivity contribution >= 4 is 21.6 Å². The molecule has 2 N–H and O–H groups in total. The number of hydrogen-bond donors (Lipinski definition) is 2. The Labute approximate surface area is 106 Å². The van der Waals surface area contributed by atoms with Crippen molar-refractivity contribution in [2.24, 2.45) is 0 Å². The average Bonchev–Trinajstić information content (AvgIpc) is 2.29. The summed E-state index contributed by atoms with van der Waals surface area (Å²) in [5, 5.41) is 7.07. The van der Waals surface area contributed by atoms with Gasteiger partial charge in [0.1, 0.15) is 0 Å². The number of halogens is 1. The Morgan fingerprint density at radius 1 is 1.44 bits per heavy atom. The minimum Gasteiger partial charge on any atom is -0.383 e. The lowest BCUT2D eigenvalue weighted by Crippen LogP contribution is -2.39. The largest absolute Gasteiger partial charge is 0.383 e. The first-order chi connectivity index (χ1) is 7.75. The Morgan fingerprint density at radius 2 is 2.31 bits per heavy atom. The molecule has 1 saturated heterocycles. The van der Waals surface area contributed by atoms with E-state index in [1.54, 1.807) is 0 Å². The second kappa shape index (κ2) is 5.69. The second-order valence-electron chi connectivity index (χ2n) is 4.49. The van der Waals surface area contributed by atoms with Crippen molar-refractivity contribution in [1.82, 2.24) is 5.32 Å². The van der Waals surface area contributed by atoms with Gasteiger partial charge in [0.05, 0.1) is 0 Å². The van der Waals surface area contributed by atoms with Crippen LogP contribution in [0.5, 0.6) is 0 Å². The summed E-state index contributed by atoms with van der Waals surface area (Å²) in [5.41, 5.74) is 2.54. The van der Waals surface area contributed by atoms with E-state index in [-0.39, 0.29) is 0 Å². The van der Waals surface area contributed by atoms with E-state index in [1.807, 2.05) is 0 Å². The standard InChI is InChI=1S/C13H19BrN2/c1-10-8-11(14)5-6-13(10)16-9-12-4-2-3-7-15-12/h5-6,8,12,15-16H,2-4,7,9H2,1H3. The van der Waals surface area contributed by atoms with Crippen LogP contribution in [0.4, 0.5) is 5.69 Å². The fourth-order valence-corrected chi connectivity index (χ4v) is 2.63. The zero-order chi connectivity index (χ0) is 11.4. The highest BCUT2D eigenvalue weighted by molar-refractivity contribution is 9.10. The van der Waals surface area contributed by atoms with Gasteiger partial charge in [-0.05, 0) is 50.1 Å². The Balaban J connectivity index is 1.88. The predicted octanol–water partition coefficient (Wildman–Crippen LogP) is 3.31. The SMILES string of the molecule is Cc1cc(Br)ccc1NCC1CCCCN1. The first-order valence-corrected chi connectivity index (χ1v) is 6.78. The van der Waals surface area contributed by atoms with Crippen molar-refractivity contribution in [1.29, 1.82) is 0 Å². The van der Waals surface area contributed by atoms with Gasteiger partial charge in [0.25, 0.3) is 0 Å². The molecule has 0 bridgehead atoms. The maximum atomic E-state index is 3.55. The maximum Gasteiger partial charge on any atom is 0.0371 e. The van der Waals surface area contributed by atoms with E-state index in [0.29, 0.717) is 6.04 Å². The molecule has 16 heavy (non-hydrogen) atoms. The molecule has 0 saturated carbocycles. The quantitative estimate of drug-likeness (QED) is 0.889. The molecular formula is C13H19BrN2. The van der Waals surface area contributed by atoms with Gasteiger partial charge in [-0.25, -0.2) is 0 Å². The van der Waals surface area contributed by atoms with Gasteiger partial charge in [-0.1, -0.05) is 22.4 Å². The molecule has 2 rings (SSSR count). The Hall–Kier alpha value is -0.540. The summed E-state index contributed by atoms with van der Waals surface area (Å²) in [6.07, 6.45) is 3.98. The monoisotopic (exact) mass is 282 g/mol. The molecule has 1 aliphatic rings. The number of anilines is 1. The van der Waals surface area contributed by atoms with Crippen LogP contribution >= 0.6 is 15.9 Å². The van der Waals surface area contributed by atoms with E-state index in [2.05, 4.69) is 51.7 Å². The van der Waals surface area contributed by atoms with Gasteiger partial charge >= 0.3 is 0 Å². The molecule has 1 fully saturated rings. The first-order valence-electron chi connectivity index (χ1n) is 5.99. The molecule has 0 aliphatic carbocycles. The minimum atomic E-state index is 0.636. The summed E-state index contributed by atoms with van der Waals surface area (Å²) in [4.78, 5) is 0. The number of aryl methyl sites for hydroxylation is 1. The smallest absolute Gasteiger partial charge is 0.0371 e. The number of nitrogens with one attached hydrogen (secondary N) is 2. The normalized spacial score (nSPS) is 20.8. The Morgan fingerprint density at radius 3 is 3.00 bits per heavy atom. The molecule has 3 heteroatoms. The lowest BCUT2D eigenvalue weighted by molar-refractivity contribution is 0.414. The summed E-state index contributed by atoms with van der Waals surface area (Å²) >= 11 is 3.48. The second-order valence-corrected chi connectivity index (χ2v) is 5.40. The van der Waals surface area contributed by atoms with Crippen LogP contribution in [0.1, 0.15) is 24.8 Å². The van der Waals surface area contributed by atoms with Crippen LogP contribution in [0.2, 0.25) is 0 Å². The minimum absolute atomic E-state index is 0.636. The fraction of sp³-hybridized carbons (Fsp3) is 0.538. The molecule has 0 amide bonds. The molecule has 2 nitrogen and oxygen atoms in total. The van der Waals surface area contributed by atoms with Crippen LogP contribution in [-0.2, 0) is 0 Å². The number of rotatable bonds is 3. The number of hydrogen-bond acceptors (Lipinski definition) is 2. The van der Waals surface area contributed by atoms with Gasteiger partial charge in [-0.15, -0.1) is 0 Å². The molecule has 0 aromatic heterocycles. The molecule has 1 aromatic carbocycles. The van der Waals surface area contributed by atoms with Crippen LogP contribution in [0, 0.1) is 6.92 Å². The molecule has 88 valence electrons. The highest BCUT2D eigenvalue weighted by Gasteiger charge is 2.11. The van der Waals surface area contributed by atoms with Crippen LogP contribution in [0.25, 0.3) is 0 Å². The van der Waals surface area contributed by atoms with E-state index in [1.165, 1.54) is 37.1 Å². The summed E-state index contributed by atoms with van der Waals surface area (Å²) in [7, 11) is 0. The van der Waals surface area contributed by atoms with Crippen molar-refractivity contribution < 1.29 is 0 Å². The lowest BCUT2D eigenvalue weighted by Gasteiger charge is -2.24. The molecule has 1 heterocycles. The molecule has 0 spiro atoms. The van der Waals surface area contributed by atoms with E-state index in [0.717, 1.165) is 11.0 Å². The Kier molecular flexibility index (Phi) is 4.24. The van der Waals surface area contributed by atoms with Crippen LogP contribution < -0.4 is 10.6 Å². The maximum absolute atomic E-state index is 3.55. The van der Waals surface area contributed by atoms with Gasteiger partial charge in [0, 0.05) is 22.7 Å². The van der Waals surface area contributed by atoms with Crippen molar-refractivity contribution in [3.8, 4) is 0 Å². The molecule has 1 aliphatic heterocycles. The topological polar surface area (TPSA) is 24.1 Å². The molecule has 1 unspecified atom stereocenters. The van der Waals surface area contributed by atoms with Gasteiger partial charge in [-0.3, -0.25) is 0 Å². The van der Waals surface area contributed by atoms with Gasteiger partial charge in [-0.2, -0.15) is 0 Å². The third-order valence-corrected chi connectivity index (χ3v) is 3.63. The third-order valence-electron chi connectivity index (χ3n) is 3.14. The summed E-state index contributed by atoms with van der Waals surface area (Å²) < 4.78 is 1.14. The highest BCUT2D eigenvalue weighted by Crippen LogP contribution is 2.20. The van der Waals surface area contributed by atoms with Gasteiger partial charge < -0.3 is 10.6 Å². The summed E-state index contributed by atoms with van der Waals surface area (Å²) in [6, 6.07) is 7.01. The number of benzene rings is 1. The van der Waals surface area contributed by atoms with E-state index < -0.39 is 0 Å². The highest BCUT2D eigenvalue weighted by atomic mass is 79.9. The third kappa shape index (κ3) is 3.22. The number of piperidine rings is 1. The van der Waals surface area contributed by atoms with Crippen molar-refractivity contribution in [2.45, 2.75) is 32.2 Å².